The van der Waals surface area contributed by atoms with Crippen LogP contribution in [0.15, 0.2) is 34.7 Å². The molecule has 1 aromatic heterocycles. The first kappa shape index (κ1) is 13.0. The normalized spacial score (nSPS) is 10.9. The van der Waals surface area contributed by atoms with Crippen LogP contribution in [0, 0.1) is 6.92 Å². The van der Waals surface area contributed by atoms with Crippen molar-refractivity contribution in [2.75, 3.05) is 5.73 Å². The van der Waals surface area contributed by atoms with Crippen LogP contribution in [-0.4, -0.2) is 21.2 Å². The molecule has 2 aromatic carbocycles. The van der Waals surface area contributed by atoms with Gasteiger partial charge in [0.05, 0.1) is 11.3 Å². The highest BCUT2D eigenvalue weighted by molar-refractivity contribution is 5.89. The van der Waals surface area contributed by atoms with Crippen molar-refractivity contribution in [2.45, 2.75) is 6.92 Å². The largest absolute Gasteiger partial charge is 0.505 e. The number of carboxylic acid groups (broad SMARTS) is 1. The highest BCUT2D eigenvalue weighted by Gasteiger charge is 2.15. The molecule has 0 amide bonds. The Labute approximate surface area is 119 Å². The van der Waals surface area contributed by atoms with E-state index in [-0.39, 0.29) is 17.0 Å². The number of phenolic OH excluding ortho intramolecular Hbond substituents is 1. The number of aryl methyl sites for hydroxylation is 1. The van der Waals surface area contributed by atoms with Crippen LogP contribution >= 0.6 is 0 Å². The molecule has 0 saturated heterocycles. The molecule has 3 aromatic rings. The quantitative estimate of drug-likeness (QED) is 0.493. The number of aromatic nitrogens is 1. The summed E-state index contributed by atoms with van der Waals surface area (Å²) in [7, 11) is 0. The molecule has 6 nitrogen and oxygen atoms in total. The highest BCUT2D eigenvalue weighted by Crippen LogP contribution is 2.34. The average molecular weight is 284 g/mol. The number of aromatic hydroxyl groups is 1. The summed E-state index contributed by atoms with van der Waals surface area (Å²) in [6.07, 6.45) is 0. The second-order valence-corrected chi connectivity index (χ2v) is 4.69. The maximum Gasteiger partial charge on any atom is 0.335 e. The summed E-state index contributed by atoms with van der Waals surface area (Å²) in [6.45, 7) is 1.69. The van der Waals surface area contributed by atoms with Crippen LogP contribution < -0.4 is 5.73 Å². The fourth-order valence-corrected chi connectivity index (χ4v) is 2.12. The van der Waals surface area contributed by atoms with Crippen LogP contribution in [0.1, 0.15) is 15.9 Å². The van der Waals surface area contributed by atoms with Gasteiger partial charge in [-0.25, -0.2) is 9.78 Å². The molecule has 21 heavy (non-hydrogen) atoms. The highest BCUT2D eigenvalue weighted by atomic mass is 16.4. The molecule has 0 radical (unpaired) electrons. The third-order valence-electron chi connectivity index (χ3n) is 3.29. The molecule has 1 heterocycles. The molecule has 0 aliphatic rings. The first-order valence-electron chi connectivity index (χ1n) is 6.19. The van der Waals surface area contributed by atoms with Gasteiger partial charge in [-0.1, -0.05) is 0 Å². The first-order valence-corrected chi connectivity index (χ1v) is 6.19. The van der Waals surface area contributed by atoms with Crippen LogP contribution in [0.25, 0.3) is 22.6 Å². The maximum atomic E-state index is 10.8. The molecule has 6 heteroatoms. The molecule has 0 fully saturated rings. The standard InChI is InChI=1S/C15H12N2O4/c1-7-12(18)10(16)6-11-13(7)21-14(17-11)8-2-4-9(5-3-8)15(19)20/h2-6,18H,16H2,1H3,(H,19,20). The molecule has 0 bridgehead atoms. The third-order valence-corrected chi connectivity index (χ3v) is 3.29. The lowest BCUT2D eigenvalue weighted by Crippen LogP contribution is -1.94. The Morgan fingerprint density at radius 2 is 1.95 bits per heavy atom. The molecule has 0 unspecified atom stereocenters. The fraction of sp³-hybridized carbons (Fsp3) is 0.0667. The van der Waals surface area contributed by atoms with Crippen LogP contribution in [0.2, 0.25) is 0 Å². The molecular weight excluding hydrogens is 272 g/mol. The van der Waals surface area contributed by atoms with Crippen molar-refractivity contribution in [3.8, 4) is 17.2 Å². The Morgan fingerprint density at radius 1 is 1.29 bits per heavy atom. The number of aromatic carboxylic acids is 1. The van der Waals surface area contributed by atoms with Gasteiger partial charge >= 0.3 is 5.97 Å². The first-order chi connectivity index (χ1) is 9.97. The minimum Gasteiger partial charge on any atom is -0.505 e. The number of carbonyl (C=O) groups is 1. The van der Waals surface area contributed by atoms with E-state index in [0.717, 1.165) is 0 Å². The van der Waals surface area contributed by atoms with Crippen LogP contribution in [0.4, 0.5) is 5.69 Å². The molecule has 4 N–H and O–H groups in total. The Bertz CT molecular complexity index is 850. The number of nitrogens with zero attached hydrogens (tertiary/aromatic N) is 1. The van der Waals surface area contributed by atoms with Gasteiger partial charge in [-0.05, 0) is 37.3 Å². The number of benzene rings is 2. The maximum absolute atomic E-state index is 10.8. The zero-order chi connectivity index (χ0) is 15.1. The van der Waals surface area contributed by atoms with E-state index in [1.165, 1.54) is 18.2 Å². The number of hydrogen-bond acceptors (Lipinski definition) is 5. The van der Waals surface area contributed by atoms with E-state index in [2.05, 4.69) is 4.98 Å². The number of nitrogen functional groups attached to an aromatic ring is 1. The summed E-state index contributed by atoms with van der Waals surface area (Å²) in [5, 5.41) is 18.7. The monoisotopic (exact) mass is 284 g/mol. The van der Waals surface area contributed by atoms with E-state index in [9.17, 15) is 9.90 Å². The van der Waals surface area contributed by atoms with E-state index in [1.807, 2.05) is 0 Å². The number of oxazole rings is 1. The number of phenols is 1. The molecule has 106 valence electrons. The molecule has 0 aliphatic heterocycles. The van der Waals surface area contributed by atoms with Gasteiger partial charge < -0.3 is 20.4 Å². The molecule has 3 rings (SSSR count). The van der Waals surface area contributed by atoms with Crippen molar-refractivity contribution in [3.05, 3.63) is 41.5 Å². The van der Waals surface area contributed by atoms with Crippen molar-refractivity contribution in [1.82, 2.24) is 4.98 Å². The minimum atomic E-state index is -0.993. The summed E-state index contributed by atoms with van der Waals surface area (Å²) in [5.74, 6) is -0.672. The topological polar surface area (TPSA) is 110 Å². The van der Waals surface area contributed by atoms with Gasteiger partial charge in [-0.15, -0.1) is 0 Å². The number of anilines is 1. The van der Waals surface area contributed by atoms with Crippen LogP contribution in [0.3, 0.4) is 0 Å². The molecule has 0 spiro atoms. The number of hydrogen-bond donors (Lipinski definition) is 3. The predicted molar refractivity (Wildman–Crippen MR) is 77.2 cm³/mol. The summed E-state index contributed by atoms with van der Waals surface area (Å²) >= 11 is 0. The smallest absolute Gasteiger partial charge is 0.335 e. The van der Waals surface area contributed by atoms with Crippen molar-refractivity contribution in [3.63, 3.8) is 0 Å². The van der Waals surface area contributed by atoms with Crippen molar-refractivity contribution >= 4 is 22.8 Å². The zero-order valence-electron chi connectivity index (χ0n) is 11.1. The fourth-order valence-electron chi connectivity index (χ4n) is 2.12. The third kappa shape index (κ3) is 2.06. The van der Waals surface area contributed by atoms with Gasteiger partial charge in [-0.3, -0.25) is 0 Å². The van der Waals surface area contributed by atoms with Gasteiger partial charge in [-0.2, -0.15) is 0 Å². The minimum absolute atomic E-state index is 0.0218. The van der Waals surface area contributed by atoms with E-state index in [0.29, 0.717) is 28.1 Å². The second-order valence-electron chi connectivity index (χ2n) is 4.69. The lowest BCUT2D eigenvalue weighted by atomic mass is 10.1. The number of fused-ring (bicyclic) bond motifs is 1. The van der Waals surface area contributed by atoms with Gasteiger partial charge in [0.15, 0.2) is 5.58 Å². The van der Waals surface area contributed by atoms with E-state index < -0.39 is 5.97 Å². The average Bonchev–Trinajstić information content (AvgIpc) is 2.89. The number of carboxylic acids is 1. The second kappa shape index (κ2) is 4.52. The lowest BCUT2D eigenvalue weighted by Gasteiger charge is -2.01. The Hall–Kier alpha value is -3.02. The van der Waals surface area contributed by atoms with E-state index >= 15 is 0 Å². The lowest BCUT2D eigenvalue weighted by molar-refractivity contribution is 0.0697. The van der Waals surface area contributed by atoms with E-state index in [4.69, 9.17) is 15.3 Å². The zero-order valence-corrected chi connectivity index (χ0v) is 11.1. The Morgan fingerprint density at radius 3 is 2.57 bits per heavy atom. The van der Waals surface area contributed by atoms with Gasteiger partial charge in [0.2, 0.25) is 5.89 Å². The predicted octanol–water partition coefficient (Wildman–Crippen LogP) is 2.79. The van der Waals surface area contributed by atoms with Gasteiger partial charge in [0, 0.05) is 11.1 Å². The molecular formula is C15H12N2O4. The summed E-state index contributed by atoms with van der Waals surface area (Å²) < 4.78 is 5.65. The van der Waals surface area contributed by atoms with Gasteiger partial charge in [0.25, 0.3) is 0 Å². The summed E-state index contributed by atoms with van der Waals surface area (Å²) in [5.41, 5.74) is 8.28. The van der Waals surface area contributed by atoms with Crippen molar-refractivity contribution < 1.29 is 19.4 Å². The SMILES string of the molecule is Cc1c(O)c(N)cc2nc(-c3ccc(C(=O)O)cc3)oc12. The van der Waals surface area contributed by atoms with Crippen molar-refractivity contribution in [2.24, 2.45) is 0 Å². The van der Waals surface area contributed by atoms with Crippen LogP contribution in [0.5, 0.6) is 5.75 Å². The number of nitrogens with two attached hydrogens (primary N) is 1. The number of rotatable bonds is 2. The summed E-state index contributed by atoms with van der Waals surface area (Å²) in [4.78, 5) is 15.1. The molecule has 0 aliphatic carbocycles. The molecule has 0 saturated carbocycles. The van der Waals surface area contributed by atoms with Crippen molar-refractivity contribution in [1.29, 1.82) is 0 Å². The molecule has 0 atom stereocenters. The summed E-state index contributed by atoms with van der Waals surface area (Å²) in [6, 6.07) is 7.73. The van der Waals surface area contributed by atoms with Gasteiger partial charge in [0.1, 0.15) is 11.3 Å². The van der Waals surface area contributed by atoms with E-state index in [1.54, 1.807) is 19.1 Å². The Kier molecular flexibility index (Phi) is 2.79. The Balaban J connectivity index is 2.13. The van der Waals surface area contributed by atoms with Crippen LogP contribution in [-0.2, 0) is 0 Å².